The van der Waals surface area contributed by atoms with E-state index < -0.39 is 5.54 Å². The van der Waals surface area contributed by atoms with E-state index in [1.165, 1.54) is 10.6 Å². The summed E-state index contributed by atoms with van der Waals surface area (Å²) < 4.78 is 13.7. The summed E-state index contributed by atoms with van der Waals surface area (Å²) in [5, 5.41) is 0.635. The van der Waals surface area contributed by atoms with Gasteiger partial charge in [0.15, 0.2) is 0 Å². The molecule has 11 heteroatoms. The lowest BCUT2D eigenvalue weighted by Gasteiger charge is -2.31. The molecule has 1 aromatic heterocycles. The standard InChI is InChI=1S/C27H28Cl2N4O5/c1-30(27(10-11-27)16-37-2)25(35)23-22-15-31(24(34)17-4-9-20(28)21(29)14-17)12-13-32(22)26(36)33(23)18-5-7-19(38-3)8-6-18/h4-9,14H,10-13,15-16H2,1-3H3. The minimum Gasteiger partial charge on any atom is -0.497 e. The highest BCUT2D eigenvalue weighted by atomic mass is 35.5. The third-order valence-electron chi connectivity index (χ3n) is 7.42. The molecule has 1 fully saturated rings. The minimum absolute atomic E-state index is 0.0870. The van der Waals surface area contributed by atoms with Crippen molar-refractivity contribution in [1.29, 1.82) is 0 Å². The van der Waals surface area contributed by atoms with E-state index in [2.05, 4.69) is 0 Å². The van der Waals surface area contributed by atoms with Crippen LogP contribution in [-0.4, -0.2) is 70.7 Å². The molecule has 9 nitrogen and oxygen atoms in total. The lowest BCUT2D eigenvalue weighted by molar-refractivity contribution is 0.0537. The van der Waals surface area contributed by atoms with Crippen LogP contribution in [0.2, 0.25) is 10.0 Å². The Labute approximate surface area is 230 Å². The van der Waals surface area contributed by atoms with Gasteiger partial charge in [0.25, 0.3) is 11.8 Å². The maximum atomic E-state index is 14.1. The SMILES string of the molecule is COCC1(N(C)C(=O)c2c3n(c(=O)n2-c2ccc(OC)cc2)CCN(C(=O)c2ccc(Cl)c(Cl)c2)C3)CC1. The van der Waals surface area contributed by atoms with Crippen molar-refractivity contribution >= 4 is 35.0 Å². The first-order valence-corrected chi connectivity index (χ1v) is 13.0. The summed E-state index contributed by atoms with van der Waals surface area (Å²) in [7, 11) is 4.91. The number of hydrogen-bond donors (Lipinski definition) is 0. The van der Waals surface area contributed by atoms with Crippen molar-refractivity contribution in [2.75, 3.05) is 34.4 Å². The molecule has 1 aliphatic carbocycles. The number of rotatable bonds is 7. The highest BCUT2D eigenvalue weighted by Crippen LogP contribution is 2.42. The van der Waals surface area contributed by atoms with Gasteiger partial charge in [0.1, 0.15) is 11.4 Å². The molecule has 0 spiro atoms. The van der Waals surface area contributed by atoms with E-state index in [4.69, 9.17) is 32.7 Å². The van der Waals surface area contributed by atoms with Crippen LogP contribution in [0, 0.1) is 0 Å². The van der Waals surface area contributed by atoms with Gasteiger partial charge in [-0.05, 0) is 55.3 Å². The van der Waals surface area contributed by atoms with Crippen molar-refractivity contribution in [2.45, 2.75) is 31.5 Å². The van der Waals surface area contributed by atoms with Crippen LogP contribution in [0.3, 0.4) is 0 Å². The zero-order valence-electron chi connectivity index (χ0n) is 21.4. The third-order valence-corrected chi connectivity index (χ3v) is 8.16. The molecule has 2 amide bonds. The normalized spacial score (nSPS) is 15.7. The molecule has 0 atom stereocenters. The summed E-state index contributed by atoms with van der Waals surface area (Å²) in [5.41, 5.74) is 0.888. The highest BCUT2D eigenvalue weighted by molar-refractivity contribution is 6.42. The molecule has 1 saturated carbocycles. The number of imidazole rings is 1. The fourth-order valence-electron chi connectivity index (χ4n) is 5.00. The maximum absolute atomic E-state index is 14.1. The van der Waals surface area contributed by atoms with Crippen molar-refractivity contribution in [3.8, 4) is 11.4 Å². The van der Waals surface area contributed by atoms with Gasteiger partial charge in [-0.25, -0.2) is 4.79 Å². The fourth-order valence-corrected chi connectivity index (χ4v) is 5.30. The predicted molar refractivity (Wildman–Crippen MR) is 144 cm³/mol. The molecule has 0 saturated heterocycles. The predicted octanol–water partition coefficient (Wildman–Crippen LogP) is 3.86. The van der Waals surface area contributed by atoms with E-state index >= 15 is 0 Å². The monoisotopic (exact) mass is 558 g/mol. The molecule has 38 heavy (non-hydrogen) atoms. The van der Waals surface area contributed by atoms with Crippen LogP contribution in [0.15, 0.2) is 47.3 Å². The van der Waals surface area contributed by atoms with Crippen LogP contribution >= 0.6 is 23.2 Å². The third kappa shape index (κ3) is 4.48. The van der Waals surface area contributed by atoms with E-state index in [-0.39, 0.29) is 41.3 Å². The van der Waals surface area contributed by atoms with Gasteiger partial charge in [0.05, 0.1) is 47.2 Å². The number of nitrogens with zero attached hydrogens (tertiary/aromatic N) is 4. The largest absolute Gasteiger partial charge is 0.497 e. The molecule has 0 unspecified atom stereocenters. The molecule has 0 N–H and O–H groups in total. The first-order chi connectivity index (χ1) is 18.2. The Morgan fingerprint density at radius 2 is 1.74 bits per heavy atom. The molecule has 0 radical (unpaired) electrons. The second-order valence-corrected chi connectivity index (χ2v) is 10.5. The van der Waals surface area contributed by atoms with Gasteiger partial charge in [-0.15, -0.1) is 0 Å². The maximum Gasteiger partial charge on any atom is 0.333 e. The summed E-state index contributed by atoms with van der Waals surface area (Å²) in [6, 6.07) is 11.7. The Kier molecular flexibility index (Phi) is 7.02. The first-order valence-electron chi connectivity index (χ1n) is 12.2. The second-order valence-electron chi connectivity index (χ2n) is 9.64. The Balaban J connectivity index is 1.59. The van der Waals surface area contributed by atoms with Crippen molar-refractivity contribution in [3.63, 3.8) is 0 Å². The van der Waals surface area contributed by atoms with E-state index in [1.54, 1.807) is 72.0 Å². The highest BCUT2D eigenvalue weighted by Gasteiger charge is 2.50. The molecule has 200 valence electrons. The van der Waals surface area contributed by atoms with Crippen molar-refractivity contribution in [1.82, 2.24) is 18.9 Å². The van der Waals surface area contributed by atoms with Crippen molar-refractivity contribution in [2.24, 2.45) is 0 Å². The van der Waals surface area contributed by atoms with Gasteiger partial charge in [0, 0.05) is 32.8 Å². The van der Waals surface area contributed by atoms with E-state index in [0.29, 0.717) is 40.9 Å². The van der Waals surface area contributed by atoms with Gasteiger partial charge in [-0.1, -0.05) is 23.2 Å². The number of methoxy groups -OCH3 is 2. The molecule has 5 rings (SSSR count). The van der Waals surface area contributed by atoms with Crippen LogP contribution in [0.25, 0.3) is 5.69 Å². The summed E-state index contributed by atoms with van der Waals surface area (Å²) in [6.07, 6.45) is 1.63. The van der Waals surface area contributed by atoms with Crippen LogP contribution in [0.4, 0.5) is 0 Å². The molecule has 2 aromatic carbocycles. The lowest BCUT2D eigenvalue weighted by atomic mass is 10.1. The average molecular weight is 559 g/mol. The van der Waals surface area contributed by atoms with E-state index in [0.717, 1.165) is 12.8 Å². The number of halogens is 2. The smallest absolute Gasteiger partial charge is 0.333 e. The fraction of sp³-hybridized carbons (Fsp3) is 0.370. The molecule has 2 heterocycles. The van der Waals surface area contributed by atoms with E-state index in [1.807, 2.05) is 0 Å². The summed E-state index contributed by atoms with van der Waals surface area (Å²) >= 11 is 12.2. The lowest BCUT2D eigenvalue weighted by Crippen LogP contribution is -2.44. The van der Waals surface area contributed by atoms with Crippen molar-refractivity contribution in [3.05, 3.63) is 79.9 Å². The number of amides is 2. The summed E-state index contributed by atoms with van der Waals surface area (Å²) in [5.74, 6) is 0.0699. The number of fused-ring (bicyclic) bond motifs is 1. The van der Waals surface area contributed by atoms with E-state index in [9.17, 15) is 14.4 Å². The molecular formula is C27H28Cl2N4O5. The number of carbonyl (C=O) groups is 2. The number of ether oxygens (including phenoxy) is 2. The van der Waals surface area contributed by atoms with Crippen LogP contribution < -0.4 is 10.4 Å². The summed E-state index contributed by atoms with van der Waals surface area (Å²) in [4.78, 5) is 44.4. The van der Waals surface area contributed by atoms with Gasteiger partial charge >= 0.3 is 5.69 Å². The Morgan fingerprint density at radius 1 is 1.03 bits per heavy atom. The summed E-state index contributed by atoms with van der Waals surface area (Å²) in [6.45, 7) is 1.04. The van der Waals surface area contributed by atoms with Crippen LogP contribution in [-0.2, 0) is 17.8 Å². The number of carbonyl (C=O) groups excluding carboxylic acids is 2. The first kappa shape index (κ1) is 26.3. The Bertz CT molecular complexity index is 1460. The Hall–Kier alpha value is -3.27. The molecule has 2 aliphatic rings. The van der Waals surface area contributed by atoms with Crippen LogP contribution in [0.5, 0.6) is 5.75 Å². The average Bonchev–Trinajstić information content (AvgIpc) is 3.66. The second kappa shape index (κ2) is 10.1. The topological polar surface area (TPSA) is 86.0 Å². The number of hydrogen-bond acceptors (Lipinski definition) is 5. The minimum atomic E-state index is -0.411. The molecule has 3 aromatic rings. The molecule has 0 bridgehead atoms. The quantitative estimate of drug-likeness (QED) is 0.439. The van der Waals surface area contributed by atoms with Crippen molar-refractivity contribution < 1.29 is 19.1 Å². The van der Waals surface area contributed by atoms with Gasteiger partial charge in [0.2, 0.25) is 0 Å². The number of aromatic nitrogens is 2. The Morgan fingerprint density at radius 3 is 2.34 bits per heavy atom. The van der Waals surface area contributed by atoms with Gasteiger partial charge in [-0.2, -0.15) is 0 Å². The zero-order valence-corrected chi connectivity index (χ0v) is 22.9. The zero-order chi connectivity index (χ0) is 27.2. The van der Waals surface area contributed by atoms with Gasteiger partial charge in [-0.3, -0.25) is 18.7 Å². The number of benzene rings is 2. The number of likely N-dealkylation sites (N-methyl/N-ethyl adjacent to an activating group) is 1. The van der Waals surface area contributed by atoms with Gasteiger partial charge < -0.3 is 19.3 Å². The molecular weight excluding hydrogens is 531 g/mol. The van der Waals surface area contributed by atoms with Crippen LogP contribution in [0.1, 0.15) is 39.4 Å². The molecule has 1 aliphatic heterocycles.